The van der Waals surface area contributed by atoms with E-state index < -0.39 is 13.2 Å². The van der Waals surface area contributed by atoms with Crippen molar-refractivity contribution in [3.63, 3.8) is 0 Å². The Balaban J connectivity index is 0.00000200. The van der Waals surface area contributed by atoms with Crippen LogP contribution in [0.3, 0.4) is 0 Å². The first-order valence-corrected chi connectivity index (χ1v) is 7.21. The summed E-state index contributed by atoms with van der Waals surface area (Å²) in [5.41, 5.74) is 0. The van der Waals surface area contributed by atoms with Gasteiger partial charge in [-0.2, -0.15) is 6.32 Å². The van der Waals surface area contributed by atoms with Gasteiger partial charge in [0.1, 0.15) is 6.35 Å². The van der Waals surface area contributed by atoms with Gasteiger partial charge in [-0.05, 0) is 7.11 Å². The maximum atomic E-state index is 7.28. The van der Waals surface area contributed by atoms with Crippen LogP contribution in [0.4, 0.5) is 0 Å². The molecule has 0 unspecified atom stereocenters. The molecule has 2 saturated heterocycles. The van der Waals surface area contributed by atoms with Crippen LogP contribution >= 0.6 is 0 Å². The molecule has 2 bridgehead atoms. The molecular weight excluding hydrogens is 202 g/mol. The van der Waals surface area contributed by atoms with Gasteiger partial charge >= 0.3 is 18.9 Å². The van der Waals surface area contributed by atoms with Crippen molar-refractivity contribution in [2.45, 2.75) is 82.6 Å². The zero-order valence-electron chi connectivity index (χ0n) is 14.7. The summed E-state index contributed by atoms with van der Waals surface area (Å²) in [6.07, 6.45) is 10.8. The molecule has 0 aliphatic carbocycles. The zero-order valence-corrected chi connectivity index (χ0v) is 11.7. The first kappa shape index (κ1) is 11.4. The zero-order chi connectivity index (χ0) is 13.9. The molecule has 17 heavy (non-hydrogen) atoms. The molecule has 94 valence electrons. The van der Waals surface area contributed by atoms with Crippen LogP contribution in [0.15, 0.2) is 0 Å². The van der Waals surface area contributed by atoms with Gasteiger partial charge in [0, 0.05) is 4.11 Å². The Kier molecular flexibility index (Phi) is 4.90. The van der Waals surface area contributed by atoms with Gasteiger partial charge in [-0.1, -0.05) is 64.6 Å². The maximum absolute atomic E-state index is 7.28. The van der Waals surface area contributed by atoms with E-state index in [0.717, 1.165) is 30.8 Å². The Labute approximate surface area is 124 Å². The molecular formula is C14H28BLiO. The fourth-order valence-electron chi connectivity index (χ4n) is 4.65. The summed E-state index contributed by atoms with van der Waals surface area (Å²) in [5.74, 6) is 1.57. The van der Waals surface area contributed by atoms with Crippen LogP contribution in [0.5, 0.6) is 0 Å². The number of hydrogen-bond donors (Lipinski definition) is 0. The molecule has 0 aromatic carbocycles. The minimum Gasteiger partial charge on any atom is -0.592 e. The van der Waals surface area contributed by atoms with Gasteiger partial charge in [0.25, 0.3) is 0 Å². The van der Waals surface area contributed by atoms with Crippen LogP contribution in [0.1, 0.15) is 68.8 Å². The van der Waals surface area contributed by atoms with E-state index in [-0.39, 0.29) is 18.9 Å². The molecule has 0 spiro atoms. The van der Waals surface area contributed by atoms with Crippen molar-refractivity contribution in [1.82, 2.24) is 0 Å². The molecule has 1 nitrogen and oxygen atoms in total. The average Bonchev–Trinajstić information content (AvgIpc) is 2.32. The summed E-state index contributed by atoms with van der Waals surface area (Å²) < 4.78 is 27.9. The van der Waals surface area contributed by atoms with E-state index in [1.165, 1.54) is 38.5 Å². The molecule has 0 N–H and O–H groups in total. The predicted octanol–water partition coefficient (Wildman–Crippen LogP) is 1.88. The third-order valence-corrected chi connectivity index (χ3v) is 5.42. The standard InChI is InChI=1S/C14H28BO.Li/c1-3-4-5-12-15(16-2)13-8-6-9-14(15)11-7-10-13;/h13-14H,3-12H2,1-2H3;/q-1;+1/i1D3;. The summed E-state index contributed by atoms with van der Waals surface area (Å²) in [7, 11) is 1.90. The van der Waals surface area contributed by atoms with E-state index in [9.17, 15) is 0 Å². The van der Waals surface area contributed by atoms with Gasteiger partial charge in [0.05, 0.1) is 0 Å². The van der Waals surface area contributed by atoms with Gasteiger partial charge in [0.2, 0.25) is 0 Å². The maximum Gasteiger partial charge on any atom is 1.00 e. The molecule has 2 fully saturated rings. The third-order valence-electron chi connectivity index (χ3n) is 5.42. The van der Waals surface area contributed by atoms with Crippen molar-refractivity contribution in [2.75, 3.05) is 7.11 Å². The van der Waals surface area contributed by atoms with Gasteiger partial charge in [-0.25, -0.2) is 0 Å². The SMILES string of the molecule is [2H]C([2H])([2H])CCCC[B-]1(OC)C2CCCC1CCC2.[Li+]. The number of fused-ring (bicyclic) bond motifs is 2. The van der Waals surface area contributed by atoms with Crippen LogP contribution in [-0.4, -0.2) is 13.5 Å². The van der Waals surface area contributed by atoms with Crippen LogP contribution in [-0.2, 0) is 4.65 Å². The number of hydrogen-bond acceptors (Lipinski definition) is 1. The summed E-state index contributed by atoms with van der Waals surface area (Å²) >= 11 is 0. The van der Waals surface area contributed by atoms with Gasteiger partial charge in [0.15, 0.2) is 0 Å². The second-order valence-corrected chi connectivity index (χ2v) is 5.97. The monoisotopic (exact) mass is 233 g/mol. The largest absolute Gasteiger partial charge is 1.00 e. The Morgan fingerprint density at radius 1 is 1.12 bits per heavy atom. The quantitative estimate of drug-likeness (QED) is 0.520. The van der Waals surface area contributed by atoms with Gasteiger partial charge in [-0.3, -0.25) is 0 Å². The van der Waals surface area contributed by atoms with Crippen molar-refractivity contribution in [2.24, 2.45) is 0 Å². The molecule has 0 radical (unpaired) electrons. The van der Waals surface area contributed by atoms with E-state index in [0.29, 0.717) is 6.42 Å². The average molecular weight is 233 g/mol. The van der Waals surface area contributed by atoms with Gasteiger partial charge < -0.3 is 4.65 Å². The van der Waals surface area contributed by atoms with Crippen molar-refractivity contribution in [3.8, 4) is 0 Å². The smallest absolute Gasteiger partial charge is 0.592 e. The van der Waals surface area contributed by atoms with Crippen molar-refractivity contribution >= 4 is 6.35 Å². The normalized spacial score (nSPS) is 39.7. The predicted molar refractivity (Wildman–Crippen MR) is 72.3 cm³/mol. The van der Waals surface area contributed by atoms with E-state index in [4.69, 9.17) is 8.77 Å². The fraction of sp³-hybridized carbons (Fsp3) is 1.00. The van der Waals surface area contributed by atoms with Crippen LogP contribution < -0.4 is 18.9 Å². The van der Waals surface area contributed by atoms with Crippen LogP contribution in [0.25, 0.3) is 0 Å². The molecule has 2 heterocycles. The van der Waals surface area contributed by atoms with E-state index in [1.807, 2.05) is 7.11 Å². The van der Waals surface area contributed by atoms with Crippen molar-refractivity contribution in [3.05, 3.63) is 0 Å². The molecule has 0 aromatic heterocycles. The summed E-state index contributed by atoms with van der Waals surface area (Å²) in [6, 6.07) is 0. The number of unbranched alkanes of at least 4 members (excludes halogenated alkanes) is 1. The first-order chi connectivity index (χ1) is 8.98. The molecule has 0 amide bonds. The Morgan fingerprint density at radius 3 is 2.18 bits per heavy atom. The Hall–Kier alpha value is 0.622. The number of rotatable bonds is 5. The minimum atomic E-state index is -1.75. The van der Waals surface area contributed by atoms with E-state index in [1.54, 1.807) is 0 Å². The topological polar surface area (TPSA) is 9.23 Å². The molecule has 0 saturated carbocycles. The van der Waals surface area contributed by atoms with Crippen LogP contribution in [0, 0.1) is 0 Å². The third kappa shape index (κ3) is 3.14. The first-order valence-electron chi connectivity index (χ1n) is 8.71. The molecule has 0 atom stereocenters. The van der Waals surface area contributed by atoms with E-state index >= 15 is 0 Å². The summed E-state index contributed by atoms with van der Waals surface area (Å²) in [6.45, 7) is -1.75. The van der Waals surface area contributed by atoms with E-state index in [2.05, 4.69) is 0 Å². The van der Waals surface area contributed by atoms with Crippen molar-refractivity contribution < 1.29 is 27.6 Å². The summed E-state index contributed by atoms with van der Waals surface area (Å²) in [4.78, 5) is 0. The molecule has 2 aliphatic heterocycles. The minimum absolute atomic E-state index is 0. The van der Waals surface area contributed by atoms with Crippen molar-refractivity contribution in [1.29, 1.82) is 0 Å². The second-order valence-electron chi connectivity index (χ2n) is 5.97. The second kappa shape index (κ2) is 7.27. The fourth-order valence-corrected chi connectivity index (χ4v) is 4.65. The Bertz CT molecular complexity index is 277. The van der Waals surface area contributed by atoms with Crippen LogP contribution in [0.2, 0.25) is 18.0 Å². The Morgan fingerprint density at radius 2 is 1.71 bits per heavy atom. The molecule has 2 rings (SSSR count). The molecule has 0 aromatic rings. The van der Waals surface area contributed by atoms with Gasteiger partial charge in [-0.15, -0.1) is 11.6 Å². The summed E-state index contributed by atoms with van der Waals surface area (Å²) in [5, 5.41) is 0. The molecule has 2 aliphatic rings. The molecule has 3 heteroatoms.